The summed E-state index contributed by atoms with van der Waals surface area (Å²) in [6.45, 7) is 0.444. The first-order chi connectivity index (χ1) is 6.29. The minimum Gasteiger partial charge on any atom is -0.291 e. The summed E-state index contributed by atoms with van der Waals surface area (Å²) in [6, 6.07) is 7.40. The number of benzene rings is 1. The van der Waals surface area contributed by atoms with E-state index >= 15 is 0 Å². The van der Waals surface area contributed by atoms with Gasteiger partial charge < -0.3 is 0 Å². The molecule has 2 rings (SSSR count). The molecule has 1 heterocycles. The van der Waals surface area contributed by atoms with E-state index in [1.54, 1.807) is 6.21 Å². The van der Waals surface area contributed by atoms with Crippen LogP contribution in [0.2, 0.25) is 0 Å². The Labute approximate surface area is 80.6 Å². The van der Waals surface area contributed by atoms with E-state index in [1.807, 2.05) is 24.3 Å². The van der Waals surface area contributed by atoms with E-state index in [-0.39, 0.29) is 0 Å². The van der Waals surface area contributed by atoms with Crippen LogP contribution >= 0.6 is 11.6 Å². The van der Waals surface area contributed by atoms with Crippen molar-refractivity contribution in [2.75, 3.05) is 11.4 Å². The minimum absolute atomic E-state index is 0.444. The van der Waals surface area contributed by atoms with Gasteiger partial charge in [-0.15, -0.1) is 0 Å². The van der Waals surface area contributed by atoms with Crippen molar-refractivity contribution < 1.29 is 4.79 Å². The summed E-state index contributed by atoms with van der Waals surface area (Å²) in [5, 5.41) is -0.474. The van der Waals surface area contributed by atoms with Gasteiger partial charge in [-0.2, -0.15) is 0 Å². The molecule has 0 radical (unpaired) electrons. The zero-order chi connectivity index (χ0) is 9.26. The average Bonchev–Trinajstić information content (AvgIpc) is 2.17. The molecule has 0 saturated carbocycles. The number of amides is 1. The first kappa shape index (κ1) is 8.26. The van der Waals surface area contributed by atoms with Crippen molar-refractivity contribution in [2.24, 2.45) is 4.99 Å². The molecular weight excluding hydrogens is 188 g/mol. The van der Waals surface area contributed by atoms with Gasteiger partial charge in [0, 0.05) is 6.21 Å². The van der Waals surface area contributed by atoms with E-state index in [9.17, 15) is 4.79 Å². The van der Waals surface area contributed by atoms with Gasteiger partial charge in [-0.1, -0.05) is 12.1 Å². The third-order valence-electron chi connectivity index (χ3n) is 1.88. The van der Waals surface area contributed by atoms with Gasteiger partial charge in [-0.3, -0.25) is 14.7 Å². The van der Waals surface area contributed by atoms with Crippen LogP contribution in [-0.2, 0) is 0 Å². The monoisotopic (exact) mass is 194 g/mol. The van der Waals surface area contributed by atoms with Crippen molar-refractivity contribution >= 4 is 34.6 Å². The molecule has 0 spiro atoms. The first-order valence-corrected chi connectivity index (χ1v) is 4.25. The molecule has 0 fully saturated rings. The summed E-state index contributed by atoms with van der Waals surface area (Å²) in [5.74, 6) is 0. The van der Waals surface area contributed by atoms with E-state index in [4.69, 9.17) is 11.6 Å². The molecule has 1 aliphatic heterocycles. The molecule has 0 atom stereocenters. The lowest BCUT2D eigenvalue weighted by atomic mass is 10.2. The van der Waals surface area contributed by atoms with Crippen molar-refractivity contribution in [3.8, 4) is 0 Å². The fraction of sp³-hybridized carbons (Fsp3) is 0.111. The number of fused-ring (bicyclic) bond motifs is 1. The van der Waals surface area contributed by atoms with Gasteiger partial charge in [0.2, 0.25) is 0 Å². The Morgan fingerprint density at radius 2 is 2.23 bits per heavy atom. The molecule has 66 valence electrons. The van der Waals surface area contributed by atoms with Gasteiger partial charge in [0.05, 0.1) is 17.9 Å². The maximum atomic E-state index is 11.0. The van der Waals surface area contributed by atoms with Crippen molar-refractivity contribution in [2.45, 2.75) is 0 Å². The summed E-state index contributed by atoms with van der Waals surface area (Å²) >= 11 is 5.41. The largest absolute Gasteiger partial charge is 0.321 e. The van der Waals surface area contributed by atoms with Crippen LogP contribution < -0.4 is 4.90 Å². The molecule has 4 heteroatoms. The second-order valence-corrected chi connectivity index (χ2v) is 2.99. The summed E-state index contributed by atoms with van der Waals surface area (Å²) in [7, 11) is 0. The number of nitrogens with zero attached hydrogens (tertiary/aromatic N) is 2. The highest BCUT2D eigenvalue weighted by molar-refractivity contribution is 6.66. The highest BCUT2D eigenvalue weighted by Gasteiger charge is 2.17. The molecule has 0 unspecified atom stereocenters. The number of halogens is 1. The molecule has 0 aromatic heterocycles. The lowest BCUT2D eigenvalue weighted by molar-refractivity contribution is 0.265. The third kappa shape index (κ3) is 1.42. The van der Waals surface area contributed by atoms with E-state index in [2.05, 4.69) is 4.99 Å². The molecule has 0 N–H and O–H groups in total. The first-order valence-electron chi connectivity index (χ1n) is 3.87. The molecule has 1 aliphatic rings. The van der Waals surface area contributed by atoms with Crippen LogP contribution in [0, 0.1) is 0 Å². The fourth-order valence-corrected chi connectivity index (χ4v) is 1.45. The molecule has 1 amide bonds. The third-order valence-corrected chi connectivity index (χ3v) is 2.08. The Morgan fingerprint density at radius 3 is 3.00 bits per heavy atom. The highest BCUT2D eigenvalue weighted by Crippen LogP contribution is 2.30. The number of rotatable bonds is 0. The van der Waals surface area contributed by atoms with Gasteiger partial charge in [-0.25, -0.2) is 0 Å². The Bertz CT molecular complexity index is 376. The molecule has 0 aliphatic carbocycles. The number of hydrogen-bond acceptors (Lipinski definition) is 2. The number of carbonyl (C=O) groups is 1. The van der Waals surface area contributed by atoms with E-state index < -0.39 is 5.37 Å². The standard InChI is InChI=1S/C9H7ClN2O/c10-9(13)12-6-5-11-7-3-1-2-4-8(7)12/h1-5H,6H2. The average molecular weight is 195 g/mol. The van der Waals surface area contributed by atoms with Crippen LogP contribution in [0.4, 0.5) is 16.2 Å². The highest BCUT2D eigenvalue weighted by atomic mass is 35.5. The summed E-state index contributed by atoms with van der Waals surface area (Å²) in [4.78, 5) is 16.6. The lowest BCUT2D eigenvalue weighted by Gasteiger charge is -2.22. The second kappa shape index (κ2) is 3.18. The zero-order valence-corrected chi connectivity index (χ0v) is 7.53. The molecule has 1 aromatic rings. The Morgan fingerprint density at radius 1 is 1.46 bits per heavy atom. The molecule has 1 aromatic carbocycles. The summed E-state index contributed by atoms with van der Waals surface area (Å²) in [5.41, 5.74) is 1.55. The quantitative estimate of drug-likeness (QED) is 0.462. The lowest BCUT2D eigenvalue weighted by Crippen LogP contribution is -2.29. The van der Waals surface area contributed by atoms with Crippen molar-refractivity contribution in [1.29, 1.82) is 0 Å². The minimum atomic E-state index is -0.474. The van der Waals surface area contributed by atoms with E-state index in [0.29, 0.717) is 6.54 Å². The topological polar surface area (TPSA) is 32.7 Å². The molecular formula is C9H7ClN2O. The van der Waals surface area contributed by atoms with Crippen LogP contribution in [0.3, 0.4) is 0 Å². The van der Waals surface area contributed by atoms with Gasteiger partial charge in [0.1, 0.15) is 0 Å². The van der Waals surface area contributed by atoms with E-state index in [1.165, 1.54) is 4.90 Å². The smallest absolute Gasteiger partial charge is 0.291 e. The zero-order valence-electron chi connectivity index (χ0n) is 6.77. The Hall–Kier alpha value is -1.35. The fourth-order valence-electron chi connectivity index (χ4n) is 1.29. The van der Waals surface area contributed by atoms with Crippen molar-refractivity contribution in [1.82, 2.24) is 0 Å². The Balaban J connectivity index is 2.49. The second-order valence-electron chi connectivity index (χ2n) is 2.66. The SMILES string of the molecule is O=C(Cl)N1CC=Nc2ccccc21. The Kier molecular flexibility index (Phi) is 2.02. The van der Waals surface area contributed by atoms with Gasteiger partial charge in [-0.05, 0) is 23.7 Å². The number of anilines is 1. The normalized spacial score (nSPS) is 14.1. The summed E-state index contributed by atoms with van der Waals surface area (Å²) in [6.07, 6.45) is 1.67. The van der Waals surface area contributed by atoms with Crippen LogP contribution in [0.1, 0.15) is 0 Å². The van der Waals surface area contributed by atoms with Gasteiger partial charge in [0.25, 0.3) is 0 Å². The molecule has 3 nitrogen and oxygen atoms in total. The van der Waals surface area contributed by atoms with Crippen LogP contribution in [0.15, 0.2) is 29.3 Å². The predicted octanol–water partition coefficient (Wildman–Crippen LogP) is 2.57. The number of aliphatic imine (C=N–C) groups is 1. The van der Waals surface area contributed by atoms with Crippen LogP contribution in [-0.4, -0.2) is 18.1 Å². The molecule has 0 bridgehead atoms. The number of hydrogen-bond donors (Lipinski definition) is 0. The van der Waals surface area contributed by atoms with Crippen molar-refractivity contribution in [3.05, 3.63) is 24.3 Å². The maximum Gasteiger partial charge on any atom is 0.321 e. The molecule has 13 heavy (non-hydrogen) atoms. The number of para-hydroxylation sites is 2. The predicted molar refractivity (Wildman–Crippen MR) is 53.2 cm³/mol. The summed E-state index contributed by atoms with van der Waals surface area (Å²) < 4.78 is 0. The van der Waals surface area contributed by atoms with Crippen LogP contribution in [0.5, 0.6) is 0 Å². The number of carbonyl (C=O) groups excluding carboxylic acids is 1. The van der Waals surface area contributed by atoms with E-state index in [0.717, 1.165) is 11.4 Å². The molecule has 0 saturated heterocycles. The van der Waals surface area contributed by atoms with Gasteiger partial charge in [0.15, 0.2) is 0 Å². The maximum absolute atomic E-state index is 11.0. The van der Waals surface area contributed by atoms with Crippen molar-refractivity contribution in [3.63, 3.8) is 0 Å². The van der Waals surface area contributed by atoms with Crippen LogP contribution in [0.25, 0.3) is 0 Å². The van der Waals surface area contributed by atoms with Gasteiger partial charge >= 0.3 is 5.37 Å².